The number of nitrogens with one attached hydrogen (secondary N) is 1. The molecule has 0 saturated carbocycles. The van der Waals surface area contributed by atoms with Crippen LogP contribution in [0, 0.1) is 0 Å². The van der Waals surface area contributed by atoms with E-state index in [1.165, 1.54) is 16.3 Å². The minimum absolute atomic E-state index is 0.241. The Bertz CT molecular complexity index is 621. The second-order valence-electron chi connectivity index (χ2n) is 3.84. The van der Waals surface area contributed by atoms with Gasteiger partial charge >= 0.3 is 5.69 Å². The number of aliphatic hydroxyl groups is 1. The van der Waals surface area contributed by atoms with Crippen LogP contribution < -0.4 is 5.69 Å². The molecule has 2 N–H and O–H groups in total. The summed E-state index contributed by atoms with van der Waals surface area (Å²) in [5.41, 5.74) is 0.594. The maximum absolute atomic E-state index is 11.2. The van der Waals surface area contributed by atoms with Crippen molar-refractivity contribution in [3.8, 4) is 0 Å². The summed E-state index contributed by atoms with van der Waals surface area (Å²) in [7, 11) is 1.66. The van der Waals surface area contributed by atoms with Crippen LogP contribution in [0.5, 0.6) is 0 Å². The Morgan fingerprint density at radius 1 is 1.56 bits per heavy atom. The second kappa shape index (κ2) is 5.29. The predicted octanol–water partition coefficient (Wildman–Crippen LogP) is 2.08. The van der Waals surface area contributed by atoms with Gasteiger partial charge in [0.1, 0.15) is 0 Å². The molecular weight excluding hydrogens is 318 g/mol. The van der Waals surface area contributed by atoms with E-state index in [9.17, 15) is 9.90 Å². The summed E-state index contributed by atoms with van der Waals surface area (Å²) >= 11 is 4.82. The Hall–Kier alpha value is -1.05. The highest BCUT2D eigenvalue weighted by Gasteiger charge is 2.10. The molecule has 1 aromatic carbocycles. The third kappa shape index (κ3) is 2.68. The third-order valence-electron chi connectivity index (χ3n) is 2.48. The lowest BCUT2D eigenvalue weighted by atomic mass is 10.1. The van der Waals surface area contributed by atoms with E-state index in [0.717, 1.165) is 14.9 Å². The highest BCUT2D eigenvalue weighted by Crippen LogP contribution is 2.33. The van der Waals surface area contributed by atoms with E-state index >= 15 is 0 Å². The van der Waals surface area contributed by atoms with Crippen molar-refractivity contribution in [3.05, 3.63) is 38.7 Å². The molecule has 7 heteroatoms. The molecule has 1 atom stereocenters. The summed E-state index contributed by atoms with van der Waals surface area (Å²) in [6.07, 6.45) is -0.505. The average molecular weight is 330 g/mol. The van der Waals surface area contributed by atoms with Gasteiger partial charge in [-0.15, -0.1) is 5.10 Å². The van der Waals surface area contributed by atoms with E-state index in [1.807, 2.05) is 18.2 Å². The molecule has 0 radical (unpaired) electrons. The lowest BCUT2D eigenvalue weighted by molar-refractivity contribution is 0.199. The summed E-state index contributed by atoms with van der Waals surface area (Å²) in [5, 5.41) is 16.4. The number of aromatic nitrogens is 3. The third-order valence-corrected chi connectivity index (χ3v) is 4.52. The minimum atomic E-state index is -0.505. The van der Waals surface area contributed by atoms with Gasteiger partial charge in [-0.05, 0) is 52.3 Å². The lowest BCUT2D eigenvalue weighted by Crippen LogP contribution is -2.12. The molecule has 0 bridgehead atoms. The molecule has 0 spiro atoms. The predicted molar refractivity (Wildman–Crippen MR) is 72.7 cm³/mol. The highest BCUT2D eigenvalue weighted by atomic mass is 79.9. The molecule has 1 aromatic heterocycles. The van der Waals surface area contributed by atoms with E-state index in [0.29, 0.717) is 5.16 Å². The number of aromatic amines is 1. The van der Waals surface area contributed by atoms with Crippen LogP contribution in [0.3, 0.4) is 0 Å². The van der Waals surface area contributed by atoms with E-state index in [2.05, 4.69) is 26.1 Å². The molecule has 1 heterocycles. The van der Waals surface area contributed by atoms with Crippen LogP contribution in [-0.4, -0.2) is 19.9 Å². The highest BCUT2D eigenvalue weighted by molar-refractivity contribution is 9.10. The van der Waals surface area contributed by atoms with Crippen molar-refractivity contribution in [1.29, 1.82) is 0 Å². The molecule has 1 unspecified atom stereocenters. The van der Waals surface area contributed by atoms with E-state index < -0.39 is 6.10 Å². The van der Waals surface area contributed by atoms with Crippen LogP contribution in [0.25, 0.3) is 0 Å². The van der Waals surface area contributed by atoms with Crippen LogP contribution in [0.2, 0.25) is 0 Å². The zero-order chi connectivity index (χ0) is 13.3. The van der Waals surface area contributed by atoms with Gasteiger partial charge in [-0.3, -0.25) is 4.57 Å². The Morgan fingerprint density at radius 3 is 2.78 bits per heavy atom. The molecule has 18 heavy (non-hydrogen) atoms. The van der Waals surface area contributed by atoms with Crippen LogP contribution >= 0.6 is 27.7 Å². The van der Waals surface area contributed by atoms with Gasteiger partial charge in [-0.25, -0.2) is 9.89 Å². The maximum Gasteiger partial charge on any atom is 0.343 e. The zero-order valence-electron chi connectivity index (χ0n) is 9.85. The number of halogens is 1. The van der Waals surface area contributed by atoms with Crippen molar-refractivity contribution in [2.24, 2.45) is 7.05 Å². The number of hydrogen-bond donors (Lipinski definition) is 2. The molecule has 0 fully saturated rings. The summed E-state index contributed by atoms with van der Waals surface area (Å²) in [6, 6.07) is 5.59. The van der Waals surface area contributed by atoms with Gasteiger partial charge in [-0.2, -0.15) is 0 Å². The minimum Gasteiger partial charge on any atom is -0.389 e. The van der Waals surface area contributed by atoms with Crippen LogP contribution in [0.15, 0.2) is 37.5 Å². The van der Waals surface area contributed by atoms with Crippen molar-refractivity contribution in [2.75, 3.05) is 0 Å². The Morgan fingerprint density at radius 2 is 2.28 bits per heavy atom. The first-order valence-electron chi connectivity index (χ1n) is 5.26. The van der Waals surface area contributed by atoms with E-state index in [-0.39, 0.29) is 5.69 Å². The molecule has 0 amide bonds. The summed E-state index contributed by atoms with van der Waals surface area (Å²) in [5.74, 6) is 0. The normalized spacial score (nSPS) is 12.7. The monoisotopic (exact) mass is 329 g/mol. The smallest absolute Gasteiger partial charge is 0.343 e. The molecule has 0 aliphatic carbocycles. The Labute approximate surface area is 116 Å². The molecule has 96 valence electrons. The number of nitrogens with zero attached hydrogens (tertiary/aromatic N) is 2. The molecular formula is C11H12BrN3O2S. The quantitative estimate of drug-likeness (QED) is 0.904. The zero-order valence-corrected chi connectivity index (χ0v) is 12.2. The first-order chi connectivity index (χ1) is 8.49. The van der Waals surface area contributed by atoms with Crippen LogP contribution in [-0.2, 0) is 7.05 Å². The lowest BCUT2D eigenvalue weighted by Gasteiger charge is -2.08. The van der Waals surface area contributed by atoms with Crippen molar-refractivity contribution in [1.82, 2.24) is 14.8 Å². The van der Waals surface area contributed by atoms with E-state index in [1.54, 1.807) is 14.0 Å². The molecule has 2 aromatic rings. The largest absolute Gasteiger partial charge is 0.389 e. The number of benzene rings is 1. The van der Waals surface area contributed by atoms with Gasteiger partial charge in [-0.1, -0.05) is 6.07 Å². The van der Waals surface area contributed by atoms with Crippen molar-refractivity contribution in [2.45, 2.75) is 23.1 Å². The van der Waals surface area contributed by atoms with Gasteiger partial charge in [0.05, 0.1) is 6.10 Å². The van der Waals surface area contributed by atoms with E-state index in [4.69, 9.17) is 0 Å². The summed E-state index contributed by atoms with van der Waals surface area (Å²) in [6.45, 7) is 1.71. The molecule has 0 aliphatic rings. The number of H-pyrrole nitrogens is 1. The van der Waals surface area contributed by atoms with Crippen LogP contribution in [0.1, 0.15) is 18.6 Å². The van der Waals surface area contributed by atoms with Crippen LogP contribution in [0.4, 0.5) is 0 Å². The molecule has 0 aliphatic heterocycles. The standard InChI is InChI=1S/C11H12BrN3O2S/c1-6(16)7-3-4-9(8(12)5-7)18-11-14-13-10(17)15(11)2/h3-6,16H,1-2H3,(H,13,17). The van der Waals surface area contributed by atoms with Gasteiger partial charge in [0, 0.05) is 16.4 Å². The molecule has 5 nitrogen and oxygen atoms in total. The van der Waals surface area contributed by atoms with Gasteiger partial charge in [0.2, 0.25) is 0 Å². The summed E-state index contributed by atoms with van der Waals surface area (Å²) in [4.78, 5) is 12.2. The molecule has 2 rings (SSSR count). The SMILES string of the molecule is CC(O)c1ccc(Sc2n[nH]c(=O)n2C)c(Br)c1. The fraction of sp³-hybridized carbons (Fsp3) is 0.273. The fourth-order valence-corrected chi connectivity index (χ4v) is 2.82. The van der Waals surface area contributed by atoms with Crippen molar-refractivity contribution in [3.63, 3.8) is 0 Å². The number of rotatable bonds is 3. The van der Waals surface area contributed by atoms with Crippen molar-refractivity contribution >= 4 is 27.7 Å². The Balaban J connectivity index is 2.30. The first kappa shape index (κ1) is 13.4. The fourth-order valence-electron chi connectivity index (χ4n) is 1.38. The van der Waals surface area contributed by atoms with Gasteiger partial charge in [0.15, 0.2) is 5.16 Å². The summed E-state index contributed by atoms with van der Waals surface area (Å²) < 4.78 is 2.31. The first-order valence-corrected chi connectivity index (χ1v) is 6.86. The van der Waals surface area contributed by atoms with Gasteiger partial charge < -0.3 is 5.11 Å². The number of aliphatic hydroxyl groups excluding tert-OH is 1. The van der Waals surface area contributed by atoms with Crippen molar-refractivity contribution < 1.29 is 5.11 Å². The molecule has 0 saturated heterocycles. The second-order valence-corrected chi connectivity index (χ2v) is 5.70. The average Bonchev–Trinajstić information content (AvgIpc) is 2.63. The topological polar surface area (TPSA) is 70.9 Å². The number of hydrogen-bond acceptors (Lipinski definition) is 4. The Kier molecular flexibility index (Phi) is 3.94. The van der Waals surface area contributed by atoms with Gasteiger partial charge in [0.25, 0.3) is 0 Å². The maximum atomic E-state index is 11.2.